The van der Waals surface area contributed by atoms with E-state index in [4.69, 9.17) is 4.74 Å². The molecule has 0 amide bonds. The number of benzene rings is 2. The van der Waals surface area contributed by atoms with Crippen LogP contribution in [0, 0.1) is 5.82 Å². The van der Waals surface area contributed by atoms with Crippen LogP contribution in [-0.2, 0) is 4.74 Å². The van der Waals surface area contributed by atoms with Gasteiger partial charge in [0.25, 0.3) is 0 Å². The van der Waals surface area contributed by atoms with Crippen LogP contribution in [0.2, 0.25) is 0 Å². The van der Waals surface area contributed by atoms with Gasteiger partial charge in [-0.15, -0.1) is 0 Å². The van der Waals surface area contributed by atoms with Crippen molar-refractivity contribution >= 4 is 28.2 Å². The lowest BCUT2D eigenvalue weighted by Gasteiger charge is -2.09. The topological polar surface area (TPSA) is 52.6 Å². The van der Waals surface area contributed by atoms with Gasteiger partial charge < -0.3 is 9.47 Å². The summed E-state index contributed by atoms with van der Waals surface area (Å²) in [5.41, 5.74) is 0.478. The molecule has 0 radical (unpaired) electrons. The molecule has 0 aliphatic carbocycles. The van der Waals surface area contributed by atoms with Crippen molar-refractivity contribution in [3.8, 4) is 11.5 Å². The van der Waals surface area contributed by atoms with Crippen molar-refractivity contribution in [1.29, 1.82) is 0 Å². The maximum atomic E-state index is 13.9. The van der Waals surface area contributed by atoms with Crippen LogP contribution < -0.4 is 4.74 Å². The van der Waals surface area contributed by atoms with Gasteiger partial charge in [-0.3, -0.25) is 4.79 Å². The minimum atomic E-state index is -0.700. The van der Waals surface area contributed by atoms with Crippen molar-refractivity contribution in [1.82, 2.24) is 0 Å². The van der Waals surface area contributed by atoms with Crippen molar-refractivity contribution in [3.05, 3.63) is 57.8 Å². The maximum Gasteiger partial charge on any atom is 0.337 e. The van der Waals surface area contributed by atoms with Crippen LogP contribution >= 0.6 is 15.9 Å². The van der Waals surface area contributed by atoms with Gasteiger partial charge in [-0.05, 0) is 36.4 Å². The molecule has 0 saturated carbocycles. The van der Waals surface area contributed by atoms with E-state index in [9.17, 15) is 14.0 Å². The first-order valence-corrected chi connectivity index (χ1v) is 6.65. The van der Waals surface area contributed by atoms with E-state index >= 15 is 0 Å². The molecule has 0 aliphatic heterocycles. The standard InChI is InChI=1S/C15H10BrFO4/c1-20-15(19)9-2-5-14(13(17)7-9)21-11-3-4-12(16)10(6-11)8-18/h2-8H,1H3. The SMILES string of the molecule is COC(=O)c1ccc(Oc2ccc(Br)c(C=O)c2)c(F)c1. The second kappa shape index (κ2) is 6.49. The Morgan fingerprint density at radius 2 is 2.00 bits per heavy atom. The highest BCUT2D eigenvalue weighted by Gasteiger charge is 2.12. The summed E-state index contributed by atoms with van der Waals surface area (Å²) in [7, 11) is 1.22. The first-order valence-electron chi connectivity index (χ1n) is 5.85. The second-order valence-electron chi connectivity index (χ2n) is 4.04. The zero-order valence-corrected chi connectivity index (χ0v) is 12.5. The van der Waals surface area contributed by atoms with Crippen molar-refractivity contribution in [2.24, 2.45) is 0 Å². The van der Waals surface area contributed by atoms with E-state index in [0.717, 1.165) is 6.07 Å². The zero-order valence-electron chi connectivity index (χ0n) is 10.9. The van der Waals surface area contributed by atoms with E-state index < -0.39 is 11.8 Å². The van der Waals surface area contributed by atoms with E-state index in [1.165, 1.54) is 25.3 Å². The van der Waals surface area contributed by atoms with Crippen LogP contribution in [0.25, 0.3) is 0 Å². The van der Waals surface area contributed by atoms with E-state index in [1.807, 2.05) is 0 Å². The molecule has 0 atom stereocenters. The van der Waals surface area contributed by atoms with Crippen molar-refractivity contribution in [2.75, 3.05) is 7.11 Å². The average molecular weight is 353 g/mol. The maximum absolute atomic E-state index is 13.9. The number of hydrogen-bond acceptors (Lipinski definition) is 4. The third-order valence-electron chi connectivity index (χ3n) is 2.68. The number of hydrogen-bond donors (Lipinski definition) is 0. The summed E-state index contributed by atoms with van der Waals surface area (Å²) < 4.78 is 24.4. The first kappa shape index (κ1) is 15.2. The Morgan fingerprint density at radius 1 is 1.24 bits per heavy atom. The van der Waals surface area contributed by atoms with Gasteiger partial charge >= 0.3 is 5.97 Å². The van der Waals surface area contributed by atoms with Gasteiger partial charge in [-0.1, -0.05) is 15.9 Å². The van der Waals surface area contributed by atoms with Crippen LogP contribution in [0.15, 0.2) is 40.9 Å². The molecule has 6 heteroatoms. The zero-order chi connectivity index (χ0) is 15.4. The van der Waals surface area contributed by atoms with Gasteiger partial charge in [-0.2, -0.15) is 0 Å². The number of carbonyl (C=O) groups excluding carboxylic acids is 2. The molecule has 21 heavy (non-hydrogen) atoms. The van der Waals surface area contributed by atoms with Crippen LogP contribution in [0.3, 0.4) is 0 Å². The number of rotatable bonds is 4. The monoisotopic (exact) mass is 352 g/mol. The summed E-state index contributed by atoms with van der Waals surface area (Å²) in [5, 5.41) is 0. The molecule has 0 aliphatic rings. The van der Waals surface area contributed by atoms with Gasteiger partial charge in [-0.25, -0.2) is 9.18 Å². The molecule has 0 saturated heterocycles. The quantitative estimate of drug-likeness (QED) is 0.616. The summed E-state index contributed by atoms with van der Waals surface area (Å²) in [6, 6.07) is 8.43. The van der Waals surface area contributed by atoms with Crippen LogP contribution in [0.4, 0.5) is 4.39 Å². The number of esters is 1. The van der Waals surface area contributed by atoms with Gasteiger partial charge in [0.05, 0.1) is 12.7 Å². The van der Waals surface area contributed by atoms with Crippen molar-refractivity contribution in [3.63, 3.8) is 0 Å². The molecule has 2 aromatic carbocycles. The van der Waals surface area contributed by atoms with E-state index in [1.54, 1.807) is 12.1 Å². The molecule has 0 aromatic heterocycles. The molecular formula is C15H10BrFO4. The van der Waals surface area contributed by atoms with Crippen molar-refractivity contribution < 1.29 is 23.5 Å². The van der Waals surface area contributed by atoms with Crippen LogP contribution in [0.1, 0.15) is 20.7 Å². The molecule has 0 fully saturated rings. The highest BCUT2D eigenvalue weighted by Crippen LogP contribution is 2.28. The fraction of sp³-hybridized carbons (Fsp3) is 0.0667. The van der Waals surface area contributed by atoms with Crippen molar-refractivity contribution in [2.45, 2.75) is 0 Å². The summed E-state index contributed by atoms with van der Waals surface area (Å²) >= 11 is 3.21. The fourth-order valence-electron chi connectivity index (χ4n) is 1.63. The lowest BCUT2D eigenvalue weighted by molar-refractivity contribution is 0.0600. The number of carbonyl (C=O) groups is 2. The Hall–Kier alpha value is -2.21. The first-order chi connectivity index (χ1) is 10.0. The number of methoxy groups -OCH3 is 1. The lowest BCUT2D eigenvalue weighted by Crippen LogP contribution is -2.02. The Balaban J connectivity index is 2.28. The Bertz CT molecular complexity index is 700. The summed E-state index contributed by atoms with van der Waals surface area (Å²) in [6.45, 7) is 0. The Labute approximate surface area is 128 Å². The third-order valence-corrected chi connectivity index (χ3v) is 3.40. The Morgan fingerprint density at radius 3 is 2.62 bits per heavy atom. The smallest absolute Gasteiger partial charge is 0.337 e. The van der Waals surface area contributed by atoms with E-state index in [-0.39, 0.29) is 11.3 Å². The molecule has 2 aromatic rings. The predicted octanol–water partition coefficient (Wildman–Crippen LogP) is 3.98. The highest BCUT2D eigenvalue weighted by atomic mass is 79.9. The number of aldehydes is 1. The van der Waals surface area contributed by atoms with Gasteiger partial charge in [0.2, 0.25) is 0 Å². The van der Waals surface area contributed by atoms with Gasteiger partial charge in [0.1, 0.15) is 5.75 Å². The summed E-state index contributed by atoms with van der Waals surface area (Å²) in [5.74, 6) is -1.08. The molecule has 0 bridgehead atoms. The molecule has 4 nitrogen and oxygen atoms in total. The van der Waals surface area contributed by atoms with Crippen LogP contribution in [0.5, 0.6) is 11.5 Å². The summed E-state index contributed by atoms with van der Waals surface area (Å²) in [4.78, 5) is 22.1. The second-order valence-corrected chi connectivity index (χ2v) is 4.89. The minimum Gasteiger partial charge on any atom is -0.465 e. The largest absolute Gasteiger partial charge is 0.465 e. The van der Waals surface area contributed by atoms with E-state index in [0.29, 0.717) is 22.1 Å². The van der Waals surface area contributed by atoms with Gasteiger partial charge in [0.15, 0.2) is 17.9 Å². The Kier molecular flexibility index (Phi) is 4.70. The summed E-state index contributed by atoms with van der Waals surface area (Å²) in [6.07, 6.45) is 0.660. The number of ether oxygens (including phenoxy) is 2. The molecule has 0 N–H and O–H groups in total. The molecule has 0 heterocycles. The molecule has 108 valence electrons. The van der Waals surface area contributed by atoms with Crippen LogP contribution in [-0.4, -0.2) is 19.4 Å². The van der Waals surface area contributed by atoms with E-state index in [2.05, 4.69) is 20.7 Å². The average Bonchev–Trinajstić information content (AvgIpc) is 2.50. The highest BCUT2D eigenvalue weighted by molar-refractivity contribution is 9.10. The van der Waals surface area contributed by atoms with Gasteiger partial charge in [0, 0.05) is 10.0 Å². The number of halogens is 2. The fourth-order valence-corrected chi connectivity index (χ4v) is 1.97. The third kappa shape index (κ3) is 3.46. The molecule has 0 spiro atoms. The molecular weight excluding hydrogens is 343 g/mol. The molecule has 2 rings (SSSR count). The minimum absolute atomic E-state index is 0.0539. The predicted molar refractivity (Wildman–Crippen MR) is 77.3 cm³/mol. The normalized spacial score (nSPS) is 10.0. The molecule has 0 unspecified atom stereocenters. The lowest BCUT2D eigenvalue weighted by atomic mass is 10.2.